The van der Waals surface area contributed by atoms with E-state index in [4.69, 9.17) is 9.15 Å². The molecule has 21 heavy (non-hydrogen) atoms. The van der Waals surface area contributed by atoms with Gasteiger partial charge in [-0.2, -0.15) is 4.31 Å². The summed E-state index contributed by atoms with van der Waals surface area (Å²) in [7, 11) is -0.890. The molecule has 1 aromatic heterocycles. The van der Waals surface area contributed by atoms with Gasteiger partial charge >= 0.3 is 0 Å². The van der Waals surface area contributed by atoms with Gasteiger partial charge in [0, 0.05) is 7.05 Å². The van der Waals surface area contributed by atoms with Gasteiger partial charge in [0.05, 0.1) is 26.5 Å². The van der Waals surface area contributed by atoms with E-state index in [2.05, 4.69) is 0 Å². The first kappa shape index (κ1) is 15.6. The molecule has 1 N–H and O–H groups in total. The van der Waals surface area contributed by atoms with Crippen LogP contribution >= 0.6 is 0 Å². The molecule has 6 nitrogen and oxygen atoms in total. The molecular formula is C14H17NO5S. The van der Waals surface area contributed by atoms with E-state index in [0.717, 1.165) is 0 Å². The van der Waals surface area contributed by atoms with Crippen LogP contribution in [0.3, 0.4) is 0 Å². The zero-order valence-electron chi connectivity index (χ0n) is 11.8. The predicted molar refractivity (Wildman–Crippen MR) is 76.3 cm³/mol. The van der Waals surface area contributed by atoms with E-state index in [1.54, 1.807) is 18.2 Å². The normalized spacial score (nSPS) is 11.8. The standard InChI is InChI=1S/C14H17NO5S/c1-15(9-12-4-3-7-20-12)21(17,18)14-8-11(10-16)5-6-13(14)19-2/h3-8,16H,9-10H2,1-2H3. The first-order valence-corrected chi connectivity index (χ1v) is 7.69. The van der Waals surface area contributed by atoms with Gasteiger partial charge in [-0.1, -0.05) is 6.07 Å². The van der Waals surface area contributed by atoms with Crippen LogP contribution in [0.1, 0.15) is 11.3 Å². The smallest absolute Gasteiger partial charge is 0.246 e. The van der Waals surface area contributed by atoms with Crippen LogP contribution in [0.15, 0.2) is 45.9 Å². The summed E-state index contributed by atoms with van der Waals surface area (Å²) in [6.45, 7) is -0.129. The number of nitrogens with zero attached hydrogens (tertiary/aromatic N) is 1. The second kappa shape index (κ2) is 6.30. The summed E-state index contributed by atoms with van der Waals surface area (Å²) < 4.78 is 36.7. The van der Waals surface area contributed by atoms with Gasteiger partial charge in [0.25, 0.3) is 0 Å². The minimum Gasteiger partial charge on any atom is -0.495 e. The molecule has 2 aromatic rings. The number of benzene rings is 1. The van der Waals surface area contributed by atoms with E-state index in [1.165, 1.54) is 36.9 Å². The minimum atomic E-state index is -3.75. The largest absolute Gasteiger partial charge is 0.495 e. The molecule has 0 aliphatic rings. The third-order valence-corrected chi connectivity index (χ3v) is 4.88. The number of methoxy groups -OCH3 is 1. The number of aliphatic hydroxyl groups excluding tert-OH is 1. The molecule has 0 fully saturated rings. The lowest BCUT2D eigenvalue weighted by Gasteiger charge is -2.18. The Bertz CT molecular complexity index is 694. The van der Waals surface area contributed by atoms with Crippen LogP contribution in [0, 0.1) is 0 Å². The Balaban J connectivity index is 2.38. The molecule has 0 saturated heterocycles. The van der Waals surface area contributed by atoms with Crippen molar-refractivity contribution >= 4 is 10.0 Å². The zero-order chi connectivity index (χ0) is 15.5. The van der Waals surface area contributed by atoms with Crippen LogP contribution in [-0.2, 0) is 23.2 Å². The summed E-state index contributed by atoms with van der Waals surface area (Å²) in [4.78, 5) is 0.0191. The molecule has 2 rings (SSSR count). The number of hydrogen-bond donors (Lipinski definition) is 1. The van der Waals surface area contributed by atoms with Crippen molar-refractivity contribution in [3.05, 3.63) is 47.9 Å². The van der Waals surface area contributed by atoms with Crippen molar-refractivity contribution in [2.45, 2.75) is 18.0 Å². The maximum Gasteiger partial charge on any atom is 0.246 e. The molecule has 0 atom stereocenters. The van der Waals surface area contributed by atoms with Crippen LogP contribution in [0.5, 0.6) is 5.75 Å². The van der Waals surface area contributed by atoms with Crippen LogP contribution in [0.4, 0.5) is 0 Å². The molecule has 0 amide bonds. The Morgan fingerprint density at radius 3 is 2.67 bits per heavy atom. The fraction of sp³-hybridized carbons (Fsp3) is 0.286. The second-order valence-corrected chi connectivity index (χ2v) is 6.50. The van der Waals surface area contributed by atoms with Gasteiger partial charge in [0.1, 0.15) is 16.4 Å². The lowest BCUT2D eigenvalue weighted by Crippen LogP contribution is -2.26. The quantitative estimate of drug-likeness (QED) is 0.876. The van der Waals surface area contributed by atoms with Crippen molar-refractivity contribution in [1.82, 2.24) is 4.31 Å². The van der Waals surface area contributed by atoms with Crippen molar-refractivity contribution in [2.75, 3.05) is 14.2 Å². The highest BCUT2D eigenvalue weighted by Crippen LogP contribution is 2.28. The third-order valence-electron chi connectivity index (χ3n) is 3.06. The predicted octanol–water partition coefficient (Wildman–Crippen LogP) is 1.60. The fourth-order valence-electron chi connectivity index (χ4n) is 1.90. The second-order valence-electron chi connectivity index (χ2n) is 4.48. The number of aliphatic hydroxyl groups is 1. The fourth-order valence-corrected chi connectivity index (χ4v) is 3.23. The van der Waals surface area contributed by atoms with Crippen molar-refractivity contribution in [2.24, 2.45) is 0 Å². The highest BCUT2D eigenvalue weighted by molar-refractivity contribution is 7.89. The SMILES string of the molecule is COc1ccc(CO)cc1S(=O)(=O)N(C)Cc1ccco1. The first-order chi connectivity index (χ1) is 9.98. The Hall–Kier alpha value is -1.83. The molecule has 0 spiro atoms. The van der Waals surface area contributed by atoms with Gasteiger partial charge in [-0.25, -0.2) is 8.42 Å². The lowest BCUT2D eigenvalue weighted by atomic mass is 10.2. The maximum absolute atomic E-state index is 12.6. The van der Waals surface area contributed by atoms with E-state index in [0.29, 0.717) is 11.3 Å². The summed E-state index contributed by atoms with van der Waals surface area (Å²) in [5, 5.41) is 9.17. The molecule has 7 heteroatoms. The van der Waals surface area contributed by atoms with Crippen LogP contribution < -0.4 is 4.74 Å². The molecule has 0 bridgehead atoms. The summed E-state index contributed by atoms with van der Waals surface area (Å²) in [5.41, 5.74) is 0.501. The summed E-state index contributed by atoms with van der Waals surface area (Å²) in [6, 6.07) is 7.95. The van der Waals surface area contributed by atoms with E-state index in [1.807, 2.05) is 0 Å². The van der Waals surface area contributed by atoms with Gasteiger partial charge < -0.3 is 14.3 Å². The molecule has 0 saturated carbocycles. The topological polar surface area (TPSA) is 80.0 Å². The average molecular weight is 311 g/mol. The van der Waals surface area contributed by atoms with Crippen molar-refractivity contribution in [3.8, 4) is 5.75 Å². The van der Waals surface area contributed by atoms with Gasteiger partial charge in [0.2, 0.25) is 10.0 Å². The molecular weight excluding hydrogens is 294 g/mol. The number of sulfonamides is 1. The van der Waals surface area contributed by atoms with Gasteiger partial charge in [-0.3, -0.25) is 0 Å². The van der Waals surface area contributed by atoms with Gasteiger partial charge in [-0.15, -0.1) is 0 Å². The molecule has 0 radical (unpaired) electrons. The van der Waals surface area contributed by atoms with E-state index in [-0.39, 0.29) is 23.8 Å². The maximum atomic E-state index is 12.6. The van der Waals surface area contributed by atoms with Crippen LogP contribution in [0.2, 0.25) is 0 Å². The van der Waals surface area contributed by atoms with Crippen LogP contribution in [-0.4, -0.2) is 32.0 Å². The summed E-state index contributed by atoms with van der Waals surface area (Å²) in [6.07, 6.45) is 1.49. The van der Waals surface area contributed by atoms with E-state index < -0.39 is 10.0 Å². The Kier molecular flexibility index (Phi) is 4.66. The third kappa shape index (κ3) is 3.26. The van der Waals surface area contributed by atoms with E-state index >= 15 is 0 Å². The van der Waals surface area contributed by atoms with Crippen molar-refractivity contribution < 1.29 is 22.7 Å². The van der Waals surface area contributed by atoms with E-state index in [9.17, 15) is 13.5 Å². The number of rotatable bonds is 6. The summed E-state index contributed by atoms with van der Waals surface area (Å²) in [5.74, 6) is 0.775. The van der Waals surface area contributed by atoms with Gasteiger partial charge in [0.15, 0.2) is 0 Å². The summed E-state index contributed by atoms with van der Waals surface area (Å²) >= 11 is 0. The Morgan fingerprint density at radius 1 is 1.33 bits per heavy atom. The Morgan fingerprint density at radius 2 is 2.10 bits per heavy atom. The highest BCUT2D eigenvalue weighted by atomic mass is 32.2. The van der Waals surface area contributed by atoms with Crippen molar-refractivity contribution in [3.63, 3.8) is 0 Å². The number of furan rings is 1. The minimum absolute atomic E-state index is 0.0191. The molecule has 0 aliphatic carbocycles. The molecule has 1 aromatic carbocycles. The molecule has 1 heterocycles. The number of ether oxygens (including phenoxy) is 1. The van der Waals surface area contributed by atoms with Crippen molar-refractivity contribution in [1.29, 1.82) is 0 Å². The average Bonchev–Trinajstić information content (AvgIpc) is 2.99. The molecule has 114 valence electrons. The monoisotopic (exact) mass is 311 g/mol. The van der Waals surface area contributed by atoms with Gasteiger partial charge in [-0.05, 0) is 29.8 Å². The van der Waals surface area contributed by atoms with Crippen LogP contribution in [0.25, 0.3) is 0 Å². The molecule has 0 unspecified atom stereocenters. The lowest BCUT2D eigenvalue weighted by molar-refractivity contribution is 0.281. The first-order valence-electron chi connectivity index (χ1n) is 6.25. The molecule has 0 aliphatic heterocycles. The highest BCUT2D eigenvalue weighted by Gasteiger charge is 2.25. The zero-order valence-corrected chi connectivity index (χ0v) is 12.6. The Labute approximate surface area is 123 Å². The number of hydrogen-bond acceptors (Lipinski definition) is 5.